The fraction of sp³-hybridized carbons (Fsp3) is 0.389. The number of carbonyl (C=O) groups excluding carboxylic acids is 1. The number of carboxylic acids is 1. The summed E-state index contributed by atoms with van der Waals surface area (Å²) >= 11 is 0. The summed E-state index contributed by atoms with van der Waals surface area (Å²) in [6.45, 7) is 0. The second-order valence-electron chi connectivity index (χ2n) is 6.38. The molecule has 0 aliphatic heterocycles. The maximum atomic E-state index is 12.3. The van der Waals surface area contributed by atoms with Crippen molar-refractivity contribution in [1.29, 1.82) is 0 Å². The maximum absolute atomic E-state index is 12.3. The molecule has 3 rings (SSSR count). The van der Waals surface area contributed by atoms with Crippen LogP contribution in [0.15, 0.2) is 36.5 Å². The molecule has 7 heteroatoms. The van der Waals surface area contributed by atoms with Gasteiger partial charge in [0.1, 0.15) is 0 Å². The lowest BCUT2D eigenvalue weighted by Gasteiger charge is -2.26. The van der Waals surface area contributed by atoms with E-state index in [1.54, 1.807) is 10.9 Å². The number of benzene rings is 1. The standard InChI is InChI=1S/C18H22N4O3/c1-22-16(12-5-3-2-4-6-12)15(11-19-22)21-18(25)20-14-9-7-13(8-10-14)17(23)24/h2-6,11,13-14H,7-10H2,1H3,(H,23,24)(H2,20,21,25). The van der Waals surface area contributed by atoms with E-state index in [2.05, 4.69) is 15.7 Å². The fourth-order valence-corrected chi connectivity index (χ4v) is 3.30. The van der Waals surface area contributed by atoms with Crippen LogP contribution in [0, 0.1) is 5.92 Å². The highest BCUT2D eigenvalue weighted by Gasteiger charge is 2.27. The Balaban J connectivity index is 1.62. The summed E-state index contributed by atoms with van der Waals surface area (Å²) in [5.74, 6) is -1.03. The lowest BCUT2D eigenvalue weighted by Crippen LogP contribution is -2.41. The van der Waals surface area contributed by atoms with Gasteiger partial charge in [-0.3, -0.25) is 9.48 Å². The van der Waals surface area contributed by atoms with Crippen molar-refractivity contribution in [3.63, 3.8) is 0 Å². The molecule has 0 atom stereocenters. The maximum Gasteiger partial charge on any atom is 0.319 e. The SMILES string of the molecule is Cn1ncc(NC(=O)NC2CCC(C(=O)O)CC2)c1-c1ccccc1. The topological polar surface area (TPSA) is 96.3 Å². The zero-order valence-corrected chi connectivity index (χ0v) is 14.1. The number of nitrogens with one attached hydrogen (secondary N) is 2. The second-order valence-corrected chi connectivity index (χ2v) is 6.38. The summed E-state index contributed by atoms with van der Waals surface area (Å²) < 4.78 is 1.73. The Labute approximate surface area is 146 Å². The van der Waals surface area contributed by atoms with Gasteiger partial charge in [-0.15, -0.1) is 0 Å². The molecular formula is C18H22N4O3. The summed E-state index contributed by atoms with van der Waals surface area (Å²) in [5, 5.41) is 19.1. The molecule has 1 saturated carbocycles. The first-order chi connectivity index (χ1) is 12.0. The molecular weight excluding hydrogens is 320 g/mol. The summed E-state index contributed by atoms with van der Waals surface area (Å²) in [6, 6.07) is 9.46. The molecule has 0 unspecified atom stereocenters. The molecule has 1 heterocycles. The molecule has 2 amide bonds. The van der Waals surface area contributed by atoms with Gasteiger partial charge >= 0.3 is 12.0 Å². The van der Waals surface area contributed by atoms with Crippen molar-refractivity contribution in [2.24, 2.45) is 13.0 Å². The van der Waals surface area contributed by atoms with E-state index >= 15 is 0 Å². The van der Waals surface area contributed by atoms with Gasteiger partial charge in [0.15, 0.2) is 0 Å². The Morgan fingerprint density at radius 3 is 2.48 bits per heavy atom. The quantitative estimate of drug-likeness (QED) is 0.796. The summed E-state index contributed by atoms with van der Waals surface area (Å²) in [7, 11) is 1.83. The van der Waals surface area contributed by atoms with Gasteiger partial charge in [0.2, 0.25) is 0 Å². The van der Waals surface area contributed by atoms with E-state index in [1.165, 1.54) is 0 Å². The molecule has 0 radical (unpaired) electrons. The van der Waals surface area contributed by atoms with Crippen LogP contribution in [-0.2, 0) is 11.8 Å². The lowest BCUT2D eigenvalue weighted by molar-refractivity contribution is -0.142. The molecule has 1 aliphatic carbocycles. The number of nitrogens with zero attached hydrogens (tertiary/aromatic N) is 2. The third-order valence-electron chi connectivity index (χ3n) is 4.65. The van der Waals surface area contributed by atoms with Crippen LogP contribution < -0.4 is 10.6 Å². The zero-order chi connectivity index (χ0) is 17.8. The summed E-state index contributed by atoms with van der Waals surface area (Å²) in [5.41, 5.74) is 2.45. The average Bonchev–Trinajstić information content (AvgIpc) is 2.96. The minimum Gasteiger partial charge on any atom is -0.481 e. The predicted octanol–water partition coefficient (Wildman–Crippen LogP) is 2.85. The minimum absolute atomic E-state index is 0.00690. The monoisotopic (exact) mass is 342 g/mol. The summed E-state index contributed by atoms with van der Waals surface area (Å²) in [6.07, 6.45) is 4.19. The number of urea groups is 1. The molecule has 3 N–H and O–H groups in total. The zero-order valence-electron chi connectivity index (χ0n) is 14.1. The van der Waals surface area contributed by atoms with Crippen molar-refractivity contribution in [1.82, 2.24) is 15.1 Å². The van der Waals surface area contributed by atoms with Crippen LogP contribution in [0.3, 0.4) is 0 Å². The molecule has 0 spiro atoms. The van der Waals surface area contributed by atoms with Gasteiger partial charge in [-0.25, -0.2) is 4.79 Å². The van der Waals surface area contributed by atoms with E-state index in [0.29, 0.717) is 31.4 Å². The number of anilines is 1. The first kappa shape index (κ1) is 17.0. The number of aromatic nitrogens is 2. The van der Waals surface area contributed by atoms with Crippen molar-refractivity contribution in [3.05, 3.63) is 36.5 Å². The van der Waals surface area contributed by atoms with Gasteiger partial charge in [-0.1, -0.05) is 30.3 Å². The predicted molar refractivity (Wildman–Crippen MR) is 94.2 cm³/mol. The molecule has 1 aromatic carbocycles. The van der Waals surface area contributed by atoms with Gasteiger partial charge in [-0.2, -0.15) is 5.10 Å². The normalized spacial score (nSPS) is 20.0. The number of hydrogen-bond donors (Lipinski definition) is 3. The first-order valence-corrected chi connectivity index (χ1v) is 8.42. The second kappa shape index (κ2) is 7.38. The van der Waals surface area contributed by atoms with Crippen molar-refractivity contribution >= 4 is 17.7 Å². The van der Waals surface area contributed by atoms with E-state index in [-0.39, 0.29) is 18.0 Å². The third-order valence-corrected chi connectivity index (χ3v) is 4.65. The number of rotatable bonds is 4. The van der Waals surface area contributed by atoms with Gasteiger partial charge in [0.25, 0.3) is 0 Å². The van der Waals surface area contributed by atoms with E-state index in [0.717, 1.165) is 11.3 Å². The average molecular weight is 342 g/mol. The van der Waals surface area contributed by atoms with Crippen LogP contribution in [0.4, 0.5) is 10.5 Å². The van der Waals surface area contributed by atoms with E-state index in [1.807, 2.05) is 37.4 Å². The van der Waals surface area contributed by atoms with Crippen LogP contribution >= 0.6 is 0 Å². The third kappa shape index (κ3) is 3.99. The summed E-state index contributed by atoms with van der Waals surface area (Å²) in [4.78, 5) is 23.3. The van der Waals surface area contributed by atoms with Crippen molar-refractivity contribution < 1.29 is 14.7 Å². The minimum atomic E-state index is -0.745. The molecule has 2 aromatic rings. The highest BCUT2D eigenvalue weighted by atomic mass is 16.4. The van der Waals surface area contributed by atoms with E-state index in [9.17, 15) is 9.59 Å². The van der Waals surface area contributed by atoms with E-state index < -0.39 is 5.97 Å². The highest BCUT2D eigenvalue weighted by Crippen LogP contribution is 2.27. The van der Waals surface area contributed by atoms with Crippen molar-refractivity contribution in [3.8, 4) is 11.3 Å². The Bertz CT molecular complexity index is 749. The van der Waals surface area contributed by atoms with Gasteiger partial charge < -0.3 is 15.7 Å². The molecule has 0 saturated heterocycles. The Hall–Kier alpha value is -2.83. The molecule has 0 bridgehead atoms. The highest BCUT2D eigenvalue weighted by molar-refractivity contribution is 5.93. The smallest absolute Gasteiger partial charge is 0.319 e. The molecule has 1 fully saturated rings. The molecule has 7 nitrogen and oxygen atoms in total. The molecule has 1 aliphatic rings. The number of hydrogen-bond acceptors (Lipinski definition) is 3. The van der Waals surface area contributed by atoms with Crippen LogP contribution in [0.25, 0.3) is 11.3 Å². The Morgan fingerprint density at radius 1 is 1.16 bits per heavy atom. The number of aliphatic carboxylic acids is 1. The molecule has 1 aromatic heterocycles. The fourth-order valence-electron chi connectivity index (χ4n) is 3.30. The van der Waals surface area contributed by atoms with Gasteiger partial charge in [0.05, 0.1) is 23.5 Å². The van der Waals surface area contributed by atoms with Gasteiger partial charge in [0, 0.05) is 18.7 Å². The van der Waals surface area contributed by atoms with Crippen LogP contribution in [-0.4, -0.2) is 32.9 Å². The van der Waals surface area contributed by atoms with Crippen LogP contribution in [0.5, 0.6) is 0 Å². The van der Waals surface area contributed by atoms with Crippen molar-refractivity contribution in [2.45, 2.75) is 31.7 Å². The Morgan fingerprint density at radius 2 is 1.84 bits per heavy atom. The Kier molecular flexibility index (Phi) is 5.02. The lowest BCUT2D eigenvalue weighted by atomic mass is 9.86. The number of aryl methyl sites for hydroxylation is 1. The number of carbonyl (C=O) groups is 2. The van der Waals surface area contributed by atoms with Crippen LogP contribution in [0.2, 0.25) is 0 Å². The first-order valence-electron chi connectivity index (χ1n) is 8.42. The van der Waals surface area contributed by atoms with E-state index in [4.69, 9.17) is 5.11 Å². The number of carboxylic acid groups (broad SMARTS) is 1. The molecule has 132 valence electrons. The number of amides is 2. The van der Waals surface area contributed by atoms with Crippen LogP contribution in [0.1, 0.15) is 25.7 Å². The largest absolute Gasteiger partial charge is 0.481 e. The molecule has 25 heavy (non-hydrogen) atoms. The van der Waals surface area contributed by atoms with Crippen molar-refractivity contribution in [2.75, 3.05) is 5.32 Å². The van der Waals surface area contributed by atoms with Gasteiger partial charge in [-0.05, 0) is 25.7 Å².